The van der Waals surface area contributed by atoms with E-state index in [-0.39, 0.29) is 25.6 Å². The maximum atomic E-state index is 13.7. The average molecular weight is 677 g/mol. The average Bonchev–Trinajstić information content (AvgIpc) is 2.84. The molecule has 0 aromatic heterocycles. The number of aliphatic hydroxyl groups excluding tert-OH is 1. The van der Waals surface area contributed by atoms with Crippen LogP contribution in [0.1, 0.15) is 6.42 Å². The highest BCUT2D eigenvalue weighted by molar-refractivity contribution is 7.99. The summed E-state index contributed by atoms with van der Waals surface area (Å²) < 4.78 is 185. The Hall–Kier alpha value is -0.0200. The van der Waals surface area contributed by atoms with Gasteiger partial charge in [0.25, 0.3) is 0 Å². The zero-order valence-electron chi connectivity index (χ0n) is 20.7. The van der Waals surface area contributed by atoms with Gasteiger partial charge in [0.05, 0.1) is 46.2 Å². The van der Waals surface area contributed by atoms with Gasteiger partial charge in [0.2, 0.25) is 0 Å². The lowest BCUT2D eigenvalue weighted by atomic mass is 9.93. The third-order valence-electron chi connectivity index (χ3n) is 4.65. The van der Waals surface area contributed by atoms with Crippen molar-refractivity contribution in [2.24, 2.45) is 0 Å². The summed E-state index contributed by atoms with van der Waals surface area (Å²) in [6.07, 6.45) is -9.62. The van der Waals surface area contributed by atoms with Gasteiger partial charge in [-0.05, 0) is 5.75 Å². The van der Waals surface area contributed by atoms with Gasteiger partial charge in [-0.2, -0.15) is 92.4 Å². The van der Waals surface area contributed by atoms with Gasteiger partial charge in [-0.15, -0.1) is 0 Å². The van der Waals surface area contributed by atoms with Crippen molar-refractivity contribution >= 4 is 35.3 Å². The third-order valence-corrected chi connectivity index (χ3v) is 7.42. The summed E-state index contributed by atoms with van der Waals surface area (Å²) in [5, 5.41) is 8.54. The molecule has 0 radical (unpaired) electrons. The highest BCUT2D eigenvalue weighted by Crippen LogP contribution is 2.60. The van der Waals surface area contributed by atoms with Crippen molar-refractivity contribution in [3.8, 4) is 0 Å². The van der Waals surface area contributed by atoms with E-state index in [9.17, 15) is 57.1 Å². The Morgan fingerprint density at radius 2 is 0.750 bits per heavy atom. The number of rotatable bonds is 24. The molecule has 0 aliphatic carbocycles. The summed E-state index contributed by atoms with van der Waals surface area (Å²) in [7, 11) is 0. The van der Waals surface area contributed by atoms with Crippen LogP contribution < -0.4 is 0 Å². The number of ether oxygens (including phenoxy) is 3. The van der Waals surface area contributed by atoms with Gasteiger partial charge in [-0.25, -0.2) is 0 Å². The molecule has 0 amide bonds. The first-order chi connectivity index (χ1) is 18.3. The van der Waals surface area contributed by atoms with Gasteiger partial charge < -0.3 is 19.3 Å². The molecule has 0 rings (SSSR count). The van der Waals surface area contributed by atoms with Crippen molar-refractivity contribution < 1.29 is 76.4 Å². The molecule has 0 heterocycles. The van der Waals surface area contributed by atoms with Crippen LogP contribution in [-0.4, -0.2) is 122 Å². The quantitative estimate of drug-likeness (QED) is 0.0945. The molecule has 0 atom stereocenters. The van der Waals surface area contributed by atoms with E-state index < -0.39 is 48.0 Å². The first-order valence-electron chi connectivity index (χ1n) is 11.3. The van der Waals surface area contributed by atoms with Crippen molar-refractivity contribution in [2.45, 2.75) is 42.2 Å². The minimum absolute atomic E-state index is 0.0314. The Balaban J connectivity index is 4.17. The maximum absolute atomic E-state index is 13.7. The predicted molar refractivity (Wildman–Crippen MR) is 127 cm³/mol. The van der Waals surface area contributed by atoms with Gasteiger partial charge in [-0.1, -0.05) is 0 Å². The smallest absolute Gasteiger partial charge is 0.394 e. The van der Waals surface area contributed by atoms with Crippen LogP contribution in [0.5, 0.6) is 0 Å². The molecule has 0 aromatic carbocycles. The lowest BCUT2D eigenvalue weighted by molar-refractivity contribution is -0.439. The largest absolute Gasteiger partial charge is 0.460 e. The Labute approximate surface area is 234 Å². The Morgan fingerprint density at radius 3 is 1.10 bits per heavy atom. The number of alkyl halides is 13. The van der Waals surface area contributed by atoms with Gasteiger partial charge >= 0.3 is 35.8 Å². The zero-order valence-corrected chi connectivity index (χ0v) is 23.2. The molecule has 0 aliphatic rings. The molecule has 0 saturated heterocycles. The summed E-state index contributed by atoms with van der Waals surface area (Å²) in [4.78, 5) is 0. The van der Waals surface area contributed by atoms with E-state index >= 15 is 0 Å². The Kier molecular flexibility index (Phi) is 17.9. The fourth-order valence-corrected chi connectivity index (χ4v) is 4.62. The minimum atomic E-state index is -7.87. The Bertz CT molecular complexity index is 686. The van der Waals surface area contributed by atoms with Crippen molar-refractivity contribution in [3.05, 3.63) is 0 Å². The number of aliphatic hydroxyl groups is 1. The topological polar surface area (TPSA) is 47.9 Å². The molecule has 20 heteroatoms. The Morgan fingerprint density at radius 1 is 0.425 bits per heavy atom. The lowest BCUT2D eigenvalue weighted by Crippen LogP contribution is -2.70. The fraction of sp³-hybridized carbons (Fsp3) is 1.00. The summed E-state index contributed by atoms with van der Waals surface area (Å²) in [5.74, 6) is -35.1. The van der Waals surface area contributed by atoms with E-state index in [1.165, 1.54) is 11.8 Å². The second kappa shape index (κ2) is 17.9. The molecule has 40 heavy (non-hydrogen) atoms. The molecular weight excluding hydrogens is 647 g/mol. The highest BCUT2D eigenvalue weighted by atomic mass is 32.2. The van der Waals surface area contributed by atoms with Crippen LogP contribution in [0.4, 0.5) is 57.1 Å². The van der Waals surface area contributed by atoms with Crippen LogP contribution >= 0.6 is 35.3 Å². The molecule has 4 nitrogen and oxygen atoms in total. The van der Waals surface area contributed by atoms with Gasteiger partial charge in [0.1, 0.15) is 0 Å². The summed E-state index contributed by atoms with van der Waals surface area (Å²) >= 11 is 3.56. The molecule has 0 spiro atoms. The van der Waals surface area contributed by atoms with Crippen molar-refractivity contribution in [3.63, 3.8) is 0 Å². The van der Waals surface area contributed by atoms with Crippen LogP contribution in [0.15, 0.2) is 0 Å². The first-order valence-corrected chi connectivity index (χ1v) is 14.8. The number of hydrogen-bond acceptors (Lipinski definition) is 7. The van der Waals surface area contributed by atoms with E-state index in [0.29, 0.717) is 49.7 Å². The second-order valence-electron chi connectivity index (χ2n) is 7.65. The SMILES string of the molecule is OCCOCCSCCOCCSCCOCCSCCC(F)(F)C(F)(F)C(F)(F)C(F)(F)C(F)(F)C(F)(F)F. The highest BCUT2D eigenvalue weighted by Gasteiger charge is 2.90. The van der Waals surface area contributed by atoms with Crippen LogP contribution in [0.2, 0.25) is 0 Å². The van der Waals surface area contributed by atoms with Gasteiger partial charge in [0.15, 0.2) is 0 Å². The van der Waals surface area contributed by atoms with E-state index in [4.69, 9.17) is 19.3 Å². The summed E-state index contributed by atoms with van der Waals surface area (Å²) in [5.41, 5.74) is 0. The third kappa shape index (κ3) is 11.6. The molecule has 0 aliphatic heterocycles. The standard InChI is InChI=1S/C20H29F13O4S3/c21-15(22,16(23,24)17(25,26)18(27,28)19(29,30)20(31,32)33)1-9-38-10-5-36-6-13-40-14-8-37-7-12-39-11-4-35-3-2-34/h34H,1-14H2. The number of thioether (sulfide) groups is 3. The molecule has 0 unspecified atom stereocenters. The predicted octanol–water partition coefficient (Wildman–Crippen LogP) is 6.36. The van der Waals surface area contributed by atoms with Crippen LogP contribution in [-0.2, 0) is 14.2 Å². The maximum Gasteiger partial charge on any atom is 0.460 e. The van der Waals surface area contributed by atoms with Crippen molar-refractivity contribution in [1.29, 1.82) is 0 Å². The molecule has 0 bridgehead atoms. The minimum Gasteiger partial charge on any atom is -0.394 e. The van der Waals surface area contributed by atoms with E-state index in [1.807, 2.05) is 0 Å². The molecule has 1 N–H and O–H groups in total. The van der Waals surface area contributed by atoms with E-state index in [1.54, 1.807) is 11.8 Å². The van der Waals surface area contributed by atoms with Gasteiger partial charge in [-0.3, -0.25) is 0 Å². The fourth-order valence-electron chi connectivity index (χ4n) is 2.43. The molecule has 0 aromatic rings. The number of halogens is 13. The monoisotopic (exact) mass is 676 g/mol. The van der Waals surface area contributed by atoms with Crippen molar-refractivity contribution in [2.75, 3.05) is 80.8 Å². The molecular formula is C20H29F13O4S3. The lowest BCUT2D eigenvalue weighted by Gasteiger charge is -2.39. The second-order valence-corrected chi connectivity index (χ2v) is 11.3. The summed E-state index contributed by atoms with van der Waals surface area (Å²) in [6.45, 7) is 1.91. The van der Waals surface area contributed by atoms with Crippen LogP contribution in [0, 0.1) is 0 Å². The molecule has 0 fully saturated rings. The zero-order chi connectivity index (χ0) is 31.1. The summed E-state index contributed by atoms with van der Waals surface area (Å²) in [6, 6.07) is 0. The molecule has 0 saturated carbocycles. The van der Waals surface area contributed by atoms with Crippen LogP contribution in [0.3, 0.4) is 0 Å². The van der Waals surface area contributed by atoms with E-state index in [2.05, 4.69) is 0 Å². The number of hydrogen-bond donors (Lipinski definition) is 1. The van der Waals surface area contributed by atoms with E-state index in [0.717, 1.165) is 11.5 Å². The van der Waals surface area contributed by atoms with Crippen molar-refractivity contribution in [1.82, 2.24) is 0 Å². The first kappa shape index (κ1) is 40.0. The van der Waals surface area contributed by atoms with Crippen LogP contribution in [0.25, 0.3) is 0 Å². The molecule has 242 valence electrons. The normalized spacial score (nSPS) is 14.2. The van der Waals surface area contributed by atoms with Gasteiger partial charge in [0, 0.05) is 35.2 Å².